The van der Waals surface area contributed by atoms with Crippen LogP contribution in [0.2, 0.25) is 5.02 Å². The van der Waals surface area contributed by atoms with E-state index in [0.29, 0.717) is 21.9 Å². The second-order valence-corrected chi connectivity index (χ2v) is 8.17. The van der Waals surface area contributed by atoms with Crippen LogP contribution in [0.25, 0.3) is 0 Å². The van der Waals surface area contributed by atoms with Gasteiger partial charge in [-0.3, -0.25) is 4.79 Å². The van der Waals surface area contributed by atoms with Crippen LogP contribution in [-0.4, -0.2) is 30.0 Å². The molecule has 0 bridgehead atoms. The highest BCUT2D eigenvalue weighted by Gasteiger charge is 2.35. The van der Waals surface area contributed by atoms with Crippen LogP contribution in [0.1, 0.15) is 64.1 Å². The summed E-state index contributed by atoms with van der Waals surface area (Å²) in [5.74, 6) is 1.64. The molecular weight excluding hydrogens is 377 g/mol. The number of carbonyl (C=O) groups is 1. The normalized spacial score (nSPS) is 19.4. The Morgan fingerprint density at radius 3 is 2.96 bits per heavy atom. The summed E-state index contributed by atoms with van der Waals surface area (Å²) >= 11 is 8.38. The zero-order valence-corrected chi connectivity index (χ0v) is 16.0. The maximum Gasteiger partial charge on any atom is 0.199 e. The predicted octanol–water partition coefficient (Wildman–Crippen LogP) is 5.27. The number of ketones is 1. The monoisotopic (exact) mass is 395 g/mol. The summed E-state index contributed by atoms with van der Waals surface area (Å²) in [5, 5.41) is 4.21. The summed E-state index contributed by atoms with van der Waals surface area (Å²) in [6.07, 6.45) is 3.97. The summed E-state index contributed by atoms with van der Waals surface area (Å²) in [4.78, 5) is 14.2. The highest BCUT2D eigenvalue weighted by molar-refractivity contribution is 7.99. The van der Waals surface area contributed by atoms with Crippen molar-refractivity contribution in [1.29, 1.82) is 0 Å². The van der Waals surface area contributed by atoms with E-state index in [0.717, 1.165) is 41.0 Å². The Kier molecular flexibility index (Phi) is 5.08. The molecule has 7 heteroatoms. The minimum atomic E-state index is -0.542. The number of hydrogen-bond donors (Lipinski definition) is 0. The van der Waals surface area contributed by atoms with E-state index in [1.165, 1.54) is 6.20 Å². The van der Waals surface area contributed by atoms with E-state index in [1.807, 2.05) is 13.0 Å². The molecule has 1 aliphatic heterocycles. The number of fused-ring (bicyclic) bond motifs is 1. The van der Waals surface area contributed by atoms with Gasteiger partial charge in [0.25, 0.3) is 0 Å². The fourth-order valence-corrected chi connectivity index (χ4v) is 5.04. The third kappa shape index (κ3) is 3.19. The van der Waals surface area contributed by atoms with Gasteiger partial charge in [0.2, 0.25) is 0 Å². The molecular formula is C19H19ClFNO3S. The molecule has 2 aromatic rings. The van der Waals surface area contributed by atoms with Crippen molar-refractivity contribution in [2.75, 3.05) is 19.0 Å². The minimum absolute atomic E-state index is 0.0276. The lowest BCUT2D eigenvalue weighted by atomic mass is 9.95. The molecule has 1 aromatic carbocycles. The molecule has 26 heavy (non-hydrogen) atoms. The largest absolute Gasteiger partial charge is 0.371 e. The van der Waals surface area contributed by atoms with E-state index in [2.05, 4.69) is 5.16 Å². The number of nitrogens with zero attached hydrogens (tertiary/aromatic N) is 1. The standard InChI is InChI=1S/C19H19ClFNO3S/c1-10-8-12(17(23)13-9-22-25-18(13)11-2-3-11)16(20)15-14(24-6-5-21)4-7-26-19(10)15/h8-9,11,14H,2-7H2,1H3. The van der Waals surface area contributed by atoms with Crippen molar-refractivity contribution in [2.45, 2.75) is 43.1 Å². The number of aromatic nitrogens is 1. The van der Waals surface area contributed by atoms with Gasteiger partial charge in [-0.2, -0.15) is 0 Å². The van der Waals surface area contributed by atoms with Gasteiger partial charge in [0.15, 0.2) is 11.5 Å². The fraction of sp³-hybridized carbons (Fsp3) is 0.474. The van der Waals surface area contributed by atoms with Crippen LogP contribution >= 0.6 is 23.4 Å². The van der Waals surface area contributed by atoms with Crippen molar-refractivity contribution in [1.82, 2.24) is 5.16 Å². The third-order valence-corrected chi connectivity index (χ3v) is 6.49. The molecule has 1 unspecified atom stereocenters. The number of thioether (sulfide) groups is 1. The van der Waals surface area contributed by atoms with Crippen LogP contribution in [-0.2, 0) is 4.74 Å². The van der Waals surface area contributed by atoms with Gasteiger partial charge in [0.05, 0.1) is 29.5 Å². The molecule has 4 nitrogen and oxygen atoms in total. The van der Waals surface area contributed by atoms with Crippen molar-refractivity contribution >= 4 is 29.1 Å². The Morgan fingerprint density at radius 1 is 1.42 bits per heavy atom. The molecule has 0 spiro atoms. The van der Waals surface area contributed by atoms with Gasteiger partial charge in [-0.25, -0.2) is 4.39 Å². The minimum Gasteiger partial charge on any atom is -0.371 e. The topological polar surface area (TPSA) is 52.3 Å². The van der Waals surface area contributed by atoms with Crippen LogP contribution in [0.15, 0.2) is 21.7 Å². The van der Waals surface area contributed by atoms with Gasteiger partial charge in [0, 0.05) is 27.7 Å². The lowest BCUT2D eigenvalue weighted by Gasteiger charge is -2.28. The van der Waals surface area contributed by atoms with Gasteiger partial charge >= 0.3 is 0 Å². The highest BCUT2D eigenvalue weighted by Crippen LogP contribution is 2.46. The summed E-state index contributed by atoms with van der Waals surface area (Å²) in [6.45, 7) is 1.45. The maximum atomic E-state index is 13.1. The van der Waals surface area contributed by atoms with E-state index in [4.69, 9.17) is 20.9 Å². The molecule has 0 radical (unpaired) electrons. The average Bonchev–Trinajstić information content (AvgIpc) is 3.38. The van der Waals surface area contributed by atoms with Crippen molar-refractivity contribution in [2.24, 2.45) is 0 Å². The molecule has 2 aliphatic rings. The number of alkyl halides is 1. The average molecular weight is 396 g/mol. The summed E-state index contributed by atoms with van der Waals surface area (Å²) in [7, 11) is 0. The number of hydrogen-bond acceptors (Lipinski definition) is 5. The van der Waals surface area contributed by atoms with Crippen LogP contribution in [0.4, 0.5) is 4.39 Å². The lowest BCUT2D eigenvalue weighted by Crippen LogP contribution is -2.16. The molecule has 1 fully saturated rings. The van der Waals surface area contributed by atoms with E-state index >= 15 is 0 Å². The first-order valence-corrected chi connectivity index (χ1v) is 10.1. The van der Waals surface area contributed by atoms with Crippen molar-refractivity contribution in [3.8, 4) is 0 Å². The van der Waals surface area contributed by atoms with Gasteiger partial charge in [-0.1, -0.05) is 16.8 Å². The molecule has 1 saturated carbocycles. The summed E-state index contributed by atoms with van der Waals surface area (Å²) in [5.41, 5.74) is 2.71. The number of halogens is 2. The Morgan fingerprint density at radius 2 is 2.23 bits per heavy atom. The van der Waals surface area contributed by atoms with Crippen LogP contribution in [0.3, 0.4) is 0 Å². The zero-order chi connectivity index (χ0) is 18.3. The fourth-order valence-electron chi connectivity index (χ4n) is 3.42. The Labute approximate surface area is 160 Å². The van der Waals surface area contributed by atoms with E-state index in [-0.39, 0.29) is 24.4 Å². The van der Waals surface area contributed by atoms with Crippen LogP contribution in [0, 0.1) is 6.92 Å². The van der Waals surface area contributed by atoms with Gasteiger partial charge in [0.1, 0.15) is 6.67 Å². The number of carbonyl (C=O) groups excluding carboxylic acids is 1. The SMILES string of the molecule is Cc1cc(C(=O)c2cnoc2C2CC2)c(Cl)c2c1SCCC2OCCF. The highest BCUT2D eigenvalue weighted by atomic mass is 35.5. The molecule has 1 aliphatic carbocycles. The summed E-state index contributed by atoms with van der Waals surface area (Å²) in [6, 6.07) is 1.83. The van der Waals surface area contributed by atoms with Crippen molar-refractivity contribution < 1.29 is 18.4 Å². The zero-order valence-electron chi connectivity index (χ0n) is 14.4. The quantitative estimate of drug-likeness (QED) is 0.624. The van der Waals surface area contributed by atoms with Gasteiger partial charge in [-0.15, -0.1) is 11.8 Å². The van der Waals surface area contributed by atoms with Gasteiger partial charge < -0.3 is 9.26 Å². The van der Waals surface area contributed by atoms with E-state index in [9.17, 15) is 9.18 Å². The van der Waals surface area contributed by atoms with Crippen LogP contribution < -0.4 is 0 Å². The molecule has 4 rings (SSSR count). The summed E-state index contributed by atoms with van der Waals surface area (Å²) < 4.78 is 23.6. The second-order valence-electron chi connectivity index (χ2n) is 6.69. The maximum absolute atomic E-state index is 13.1. The molecule has 1 atom stereocenters. The number of ether oxygens (including phenoxy) is 1. The smallest absolute Gasteiger partial charge is 0.199 e. The Balaban J connectivity index is 1.76. The predicted molar refractivity (Wildman–Crippen MR) is 98.1 cm³/mol. The first-order chi connectivity index (χ1) is 12.6. The van der Waals surface area contributed by atoms with Crippen molar-refractivity contribution in [3.63, 3.8) is 0 Å². The number of aryl methyl sites for hydroxylation is 1. The molecule has 1 aromatic heterocycles. The number of benzene rings is 1. The van der Waals surface area contributed by atoms with Gasteiger partial charge in [-0.05, 0) is 37.8 Å². The lowest BCUT2D eigenvalue weighted by molar-refractivity contribution is 0.0391. The molecule has 138 valence electrons. The first-order valence-electron chi connectivity index (χ1n) is 8.74. The molecule has 0 saturated heterocycles. The van der Waals surface area contributed by atoms with E-state index < -0.39 is 6.67 Å². The second kappa shape index (κ2) is 7.33. The molecule has 0 amide bonds. The Hall–Kier alpha value is -1.37. The Bertz CT molecular complexity index is 850. The first kappa shape index (κ1) is 18.0. The van der Waals surface area contributed by atoms with Crippen LogP contribution in [0.5, 0.6) is 0 Å². The molecule has 2 heterocycles. The van der Waals surface area contributed by atoms with E-state index in [1.54, 1.807) is 11.8 Å². The molecule has 0 N–H and O–H groups in total. The number of rotatable bonds is 6. The third-order valence-electron chi connectivity index (χ3n) is 4.82. The van der Waals surface area contributed by atoms with Crippen molar-refractivity contribution in [3.05, 3.63) is 45.3 Å².